The Labute approximate surface area is 126 Å². The fraction of sp³-hybridized carbons (Fsp3) is 0.600. The van der Waals surface area contributed by atoms with E-state index in [0.717, 1.165) is 11.4 Å². The molecule has 1 aromatic rings. The zero-order chi connectivity index (χ0) is 13.6. The first-order valence-electron chi connectivity index (χ1n) is 6.49. The van der Waals surface area contributed by atoms with Crippen LogP contribution in [0, 0.1) is 5.92 Å². The van der Waals surface area contributed by atoms with Crippen molar-refractivity contribution in [3.05, 3.63) is 34.9 Å². The fourth-order valence-electron chi connectivity index (χ4n) is 2.35. The smallest absolute Gasteiger partial charge is 0.0406 e. The predicted molar refractivity (Wildman–Crippen MR) is 83.3 cm³/mol. The van der Waals surface area contributed by atoms with E-state index in [1.54, 1.807) is 0 Å². The van der Waals surface area contributed by atoms with Crippen LogP contribution in [0.3, 0.4) is 0 Å². The lowest BCUT2D eigenvalue weighted by atomic mass is 9.75. The van der Waals surface area contributed by atoms with Gasteiger partial charge in [0.15, 0.2) is 0 Å². The Morgan fingerprint density at radius 3 is 1.89 bits per heavy atom. The summed E-state index contributed by atoms with van der Waals surface area (Å²) >= 11 is 18.4. The van der Waals surface area contributed by atoms with Gasteiger partial charge >= 0.3 is 0 Å². The summed E-state index contributed by atoms with van der Waals surface area (Å²) in [5.74, 6) is 1.77. The van der Waals surface area contributed by atoms with E-state index in [1.807, 2.05) is 12.1 Å². The van der Waals surface area contributed by atoms with Gasteiger partial charge < -0.3 is 0 Å². The summed E-state index contributed by atoms with van der Waals surface area (Å²) in [6, 6.07) is 7.93. The molecule has 0 nitrogen and oxygen atoms in total. The van der Waals surface area contributed by atoms with Crippen LogP contribution in [0.2, 0.25) is 5.02 Å². The largest absolute Gasteiger partial charge is 0.126 e. The van der Waals surface area contributed by atoms with Crippen molar-refractivity contribution in [1.82, 2.24) is 0 Å². The van der Waals surface area contributed by atoms with Crippen LogP contribution in [-0.2, 0) is 5.41 Å². The average Bonchev–Trinajstić information content (AvgIpc) is 2.42. The molecule has 102 valence electrons. The SMILES string of the molecule is CCC(CC)CC(CCl)(CCl)c1ccc(Cl)cc1. The van der Waals surface area contributed by atoms with Crippen molar-refractivity contribution >= 4 is 34.8 Å². The molecule has 0 saturated heterocycles. The van der Waals surface area contributed by atoms with E-state index >= 15 is 0 Å². The van der Waals surface area contributed by atoms with Gasteiger partial charge in [-0.2, -0.15) is 0 Å². The van der Waals surface area contributed by atoms with E-state index in [-0.39, 0.29) is 5.41 Å². The highest BCUT2D eigenvalue weighted by Gasteiger charge is 2.32. The molecular formula is C15H21Cl3. The zero-order valence-corrected chi connectivity index (χ0v) is 13.3. The van der Waals surface area contributed by atoms with Crippen molar-refractivity contribution in [3.8, 4) is 0 Å². The molecule has 0 saturated carbocycles. The molecule has 0 atom stereocenters. The Kier molecular flexibility index (Phi) is 6.84. The molecule has 18 heavy (non-hydrogen) atoms. The van der Waals surface area contributed by atoms with E-state index in [2.05, 4.69) is 26.0 Å². The first kappa shape index (κ1) is 16.1. The monoisotopic (exact) mass is 306 g/mol. The highest BCUT2D eigenvalue weighted by atomic mass is 35.5. The molecule has 0 bridgehead atoms. The summed E-state index contributed by atoms with van der Waals surface area (Å²) in [4.78, 5) is 0. The van der Waals surface area contributed by atoms with Crippen molar-refractivity contribution < 1.29 is 0 Å². The number of hydrogen-bond donors (Lipinski definition) is 0. The number of rotatable bonds is 7. The minimum atomic E-state index is -0.135. The quantitative estimate of drug-likeness (QED) is 0.552. The number of benzene rings is 1. The Morgan fingerprint density at radius 1 is 1.00 bits per heavy atom. The standard InChI is InChI=1S/C15H21Cl3/c1-3-12(4-2)9-15(10-16,11-17)13-5-7-14(18)8-6-13/h5-8,12H,3-4,9-11H2,1-2H3. The predicted octanol–water partition coefficient (Wildman–Crippen LogP) is 5.88. The van der Waals surface area contributed by atoms with Gasteiger partial charge in [-0.1, -0.05) is 50.4 Å². The molecule has 0 fully saturated rings. The summed E-state index contributed by atoms with van der Waals surface area (Å²) in [5, 5.41) is 0.749. The minimum absolute atomic E-state index is 0.135. The number of halogens is 3. The fourth-order valence-corrected chi connectivity index (χ4v) is 3.29. The minimum Gasteiger partial charge on any atom is -0.126 e. The summed E-state index contributed by atoms with van der Waals surface area (Å²) in [7, 11) is 0. The van der Waals surface area contributed by atoms with E-state index in [9.17, 15) is 0 Å². The van der Waals surface area contributed by atoms with Gasteiger partial charge in [0.2, 0.25) is 0 Å². The van der Waals surface area contributed by atoms with Crippen LogP contribution >= 0.6 is 34.8 Å². The summed E-state index contributed by atoms with van der Waals surface area (Å²) in [6.45, 7) is 4.45. The third-order valence-corrected chi connectivity index (χ3v) is 5.08. The van der Waals surface area contributed by atoms with Crippen LogP contribution in [0.15, 0.2) is 24.3 Å². The molecule has 0 heterocycles. The van der Waals surface area contributed by atoms with Gasteiger partial charge in [-0.3, -0.25) is 0 Å². The Bertz CT molecular complexity index is 337. The van der Waals surface area contributed by atoms with E-state index in [1.165, 1.54) is 18.4 Å². The van der Waals surface area contributed by atoms with Crippen LogP contribution in [0.4, 0.5) is 0 Å². The lowest BCUT2D eigenvalue weighted by Crippen LogP contribution is -2.33. The van der Waals surface area contributed by atoms with Gasteiger partial charge in [0.05, 0.1) is 0 Å². The van der Waals surface area contributed by atoms with Crippen molar-refractivity contribution in [3.63, 3.8) is 0 Å². The van der Waals surface area contributed by atoms with Crippen LogP contribution in [0.5, 0.6) is 0 Å². The van der Waals surface area contributed by atoms with Crippen molar-refractivity contribution in [1.29, 1.82) is 0 Å². The van der Waals surface area contributed by atoms with E-state index < -0.39 is 0 Å². The Balaban J connectivity index is 3.02. The molecule has 1 aromatic carbocycles. The molecule has 0 aromatic heterocycles. The van der Waals surface area contributed by atoms with Gasteiger partial charge in [0.1, 0.15) is 0 Å². The van der Waals surface area contributed by atoms with Gasteiger partial charge in [-0.15, -0.1) is 23.2 Å². The maximum atomic E-state index is 6.24. The molecule has 0 unspecified atom stereocenters. The first-order valence-corrected chi connectivity index (χ1v) is 7.94. The molecule has 0 amide bonds. The van der Waals surface area contributed by atoms with E-state index in [4.69, 9.17) is 34.8 Å². The maximum absolute atomic E-state index is 6.24. The third-order valence-electron chi connectivity index (χ3n) is 3.80. The van der Waals surface area contributed by atoms with Gasteiger partial charge in [0.25, 0.3) is 0 Å². The molecule has 3 heteroatoms. The average molecular weight is 308 g/mol. The molecular weight excluding hydrogens is 287 g/mol. The van der Waals surface area contributed by atoms with Crippen molar-refractivity contribution in [2.45, 2.75) is 38.5 Å². The van der Waals surface area contributed by atoms with Crippen LogP contribution in [-0.4, -0.2) is 11.8 Å². The highest BCUT2D eigenvalue weighted by Crippen LogP contribution is 2.36. The van der Waals surface area contributed by atoms with Gasteiger partial charge in [-0.05, 0) is 30.0 Å². The second-order valence-corrected chi connectivity index (χ2v) is 5.91. The highest BCUT2D eigenvalue weighted by molar-refractivity contribution is 6.30. The zero-order valence-electron chi connectivity index (χ0n) is 11.1. The molecule has 0 radical (unpaired) electrons. The van der Waals surface area contributed by atoms with Crippen LogP contribution < -0.4 is 0 Å². The first-order chi connectivity index (χ1) is 8.61. The van der Waals surface area contributed by atoms with Gasteiger partial charge in [-0.25, -0.2) is 0 Å². The summed E-state index contributed by atoms with van der Waals surface area (Å²) in [5.41, 5.74) is 1.06. The van der Waals surface area contributed by atoms with Crippen LogP contribution in [0.25, 0.3) is 0 Å². The number of hydrogen-bond acceptors (Lipinski definition) is 0. The molecule has 0 aliphatic heterocycles. The molecule has 0 spiro atoms. The summed E-state index contributed by atoms with van der Waals surface area (Å²) in [6.07, 6.45) is 3.37. The second-order valence-electron chi connectivity index (χ2n) is 4.94. The second kappa shape index (κ2) is 7.62. The maximum Gasteiger partial charge on any atom is 0.0406 e. The molecule has 0 aliphatic rings. The molecule has 0 aliphatic carbocycles. The van der Waals surface area contributed by atoms with Crippen molar-refractivity contribution in [2.24, 2.45) is 5.92 Å². The third kappa shape index (κ3) is 3.79. The number of alkyl halides is 2. The van der Waals surface area contributed by atoms with Gasteiger partial charge in [0, 0.05) is 22.2 Å². The lowest BCUT2D eigenvalue weighted by molar-refractivity contribution is 0.349. The van der Waals surface area contributed by atoms with Crippen LogP contribution in [0.1, 0.15) is 38.7 Å². The topological polar surface area (TPSA) is 0 Å². The summed E-state index contributed by atoms with van der Waals surface area (Å²) < 4.78 is 0. The Hall–Kier alpha value is 0.0900. The molecule has 0 N–H and O–H groups in total. The van der Waals surface area contributed by atoms with Crippen molar-refractivity contribution in [2.75, 3.05) is 11.8 Å². The lowest BCUT2D eigenvalue weighted by Gasteiger charge is -2.33. The van der Waals surface area contributed by atoms with E-state index in [0.29, 0.717) is 17.7 Å². The Morgan fingerprint density at radius 2 is 1.50 bits per heavy atom. The molecule has 1 rings (SSSR count). The normalized spacial score (nSPS) is 12.1.